The Bertz CT molecular complexity index is 737. The molecule has 6 nitrogen and oxygen atoms in total. The van der Waals surface area contributed by atoms with Crippen molar-refractivity contribution in [1.29, 1.82) is 0 Å². The number of ether oxygens (including phenoxy) is 1. The van der Waals surface area contributed by atoms with Crippen molar-refractivity contribution in [3.63, 3.8) is 0 Å². The van der Waals surface area contributed by atoms with Crippen molar-refractivity contribution in [1.82, 2.24) is 4.98 Å². The van der Waals surface area contributed by atoms with E-state index in [2.05, 4.69) is 4.98 Å². The molecule has 1 aromatic carbocycles. The van der Waals surface area contributed by atoms with Crippen molar-refractivity contribution in [2.45, 2.75) is 12.4 Å². The number of rotatable bonds is 1. The monoisotopic (exact) mass is 267 g/mol. The second-order valence-electron chi connectivity index (χ2n) is 4.38. The summed E-state index contributed by atoms with van der Waals surface area (Å²) in [6, 6.07) is 2.79. The zero-order chi connectivity index (χ0) is 13.8. The summed E-state index contributed by atoms with van der Waals surface area (Å²) in [5, 5.41) is 28.5. The minimum atomic E-state index is -2.39. The van der Waals surface area contributed by atoms with Crippen LogP contribution in [0.4, 0.5) is 4.39 Å². The summed E-state index contributed by atoms with van der Waals surface area (Å²) in [6.45, 7) is -1.00. The van der Waals surface area contributed by atoms with Crippen LogP contribution < -0.4 is 10.3 Å². The molecule has 1 aliphatic rings. The number of hydrogen-bond acceptors (Lipinski definition) is 5. The SMILES string of the molecule is O=c1[nH]c2c(F)c(CO)ccc2c2c1C(O)(O)CO2. The molecule has 1 aliphatic heterocycles. The van der Waals surface area contributed by atoms with Crippen LogP contribution in [-0.4, -0.2) is 26.9 Å². The van der Waals surface area contributed by atoms with E-state index in [0.717, 1.165) is 0 Å². The summed E-state index contributed by atoms with van der Waals surface area (Å²) < 4.78 is 19.1. The third-order valence-electron chi connectivity index (χ3n) is 3.15. The van der Waals surface area contributed by atoms with Gasteiger partial charge in [-0.25, -0.2) is 4.39 Å². The van der Waals surface area contributed by atoms with Crippen molar-refractivity contribution in [2.75, 3.05) is 6.61 Å². The third kappa shape index (κ3) is 1.56. The van der Waals surface area contributed by atoms with Crippen LogP contribution in [0, 0.1) is 5.82 Å². The molecule has 1 aromatic heterocycles. The summed E-state index contributed by atoms with van der Waals surface area (Å²) in [5.41, 5.74) is -1.27. The fourth-order valence-corrected chi connectivity index (χ4v) is 2.23. The molecule has 0 saturated carbocycles. The first-order chi connectivity index (χ1) is 8.95. The topological polar surface area (TPSA) is 103 Å². The van der Waals surface area contributed by atoms with E-state index >= 15 is 0 Å². The summed E-state index contributed by atoms with van der Waals surface area (Å²) in [6.07, 6.45) is 0. The van der Waals surface area contributed by atoms with Crippen molar-refractivity contribution in [2.24, 2.45) is 0 Å². The Morgan fingerprint density at radius 2 is 2.16 bits per heavy atom. The number of aliphatic hydroxyl groups excluding tert-OH is 1. The second kappa shape index (κ2) is 3.77. The van der Waals surface area contributed by atoms with Crippen LogP contribution in [0.2, 0.25) is 0 Å². The normalized spacial score (nSPS) is 16.4. The average molecular weight is 267 g/mol. The predicted octanol–water partition coefficient (Wildman–Crippen LogP) is -0.311. The van der Waals surface area contributed by atoms with Gasteiger partial charge in [0, 0.05) is 10.9 Å². The van der Waals surface area contributed by atoms with Gasteiger partial charge in [0.15, 0.2) is 5.82 Å². The first-order valence-electron chi connectivity index (χ1n) is 5.52. The van der Waals surface area contributed by atoms with Crippen molar-refractivity contribution in [3.05, 3.63) is 39.4 Å². The van der Waals surface area contributed by atoms with E-state index in [9.17, 15) is 19.4 Å². The van der Waals surface area contributed by atoms with E-state index in [0.29, 0.717) is 0 Å². The van der Waals surface area contributed by atoms with Crippen LogP contribution in [0.3, 0.4) is 0 Å². The maximum absolute atomic E-state index is 14.0. The molecule has 0 amide bonds. The first-order valence-corrected chi connectivity index (χ1v) is 5.52. The lowest BCUT2D eigenvalue weighted by Crippen LogP contribution is -2.32. The molecule has 2 aromatic rings. The minimum Gasteiger partial charge on any atom is -0.486 e. The van der Waals surface area contributed by atoms with Crippen LogP contribution in [0.25, 0.3) is 10.9 Å². The first kappa shape index (κ1) is 12.1. The molecule has 0 unspecified atom stereocenters. The molecule has 0 saturated heterocycles. The van der Waals surface area contributed by atoms with Gasteiger partial charge in [-0.2, -0.15) is 0 Å². The van der Waals surface area contributed by atoms with Crippen molar-refractivity contribution >= 4 is 10.9 Å². The van der Waals surface area contributed by atoms with Gasteiger partial charge in [-0.05, 0) is 6.07 Å². The Morgan fingerprint density at radius 1 is 1.42 bits per heavy atom. The van der Waals surface area contributed by atoms with E-state index in [1.807, 2.05) is 0 Å². The summed E-state index contributed by atoms with van der Waals surface area (Å²) in [5.74, 6) is -3.20. The number of aromatic nitrogens is 1. The van der Waals surface area contributed by atoms with Crippen LogP contribution in [-0.2, 0) is 12.4 Å². The highest BCUT2D eigenvalue weighted by molar-refractivity contribution is 5.88. The highest BCUT2D eigenvalue weighted by Gasteiger charge is 2.41. The third-order valence-corrected chi connectivity index (χ3v) is 3.15. The number of benzene rings is 1. The molecular formula is C12H10FNO5. The molecule has 0 atom stereocenters. The van der Waals surface area contributed by atoms with Gasteiger partial charge in [-0.15, -0.1) is 0 Å². The Morgan fingerprint density at radius 3 is 2.84 bits per heavy atom. The number of pyridine rings is 1. The predicted molar refractivity (Wildman–Crippen MR) is 62.1 cm³/mol. The summed E-state index contributed by atoms with van der Waals surface area (Å²) >= 11 is 0. The molecular weight excluding hydrogens is 257 g/mol. The minimum absolute atomic E-state index is 0.0281. The lowest BCUT2D eigenvalue weighted by atomic mass is 10.0. The van der Waals surface area contributed by atoms with E-state index in [-0.39, 0.29) is 27.8 Å². The standard InChI is InChI=1S/C12H10FNO5/c13-8-5(3-15)1-2-6-9(8)14-11(16)7-10(6)19-4-12(7,17)18/h1-2,15,17-18H,3-4H2,(H,14,16). The smallest absolute Gasteiger partial charge is 0.261 e. The number of aliphatic hydroxyl groups is 3. The van der Waals surface area contributed by atoms with Gasteiger partial charge in [0.05, 0.1) is 12.1 Å². The fourth-order valence-electron chi connectivity index (χ4n) is 2.23. The highest BCUT2D eigenvalue weighted by Crippen LogP contribution is 2.38. The number of hydrogen-bond donors (Lipinski definition) is 4. The number of nitrogens with one attached hydrogen (secondary N) is 1. The van der Waals surface area contributed by atoms with Crippen molar-refractivity contribution < 1.29 is 24.4 Å². The highest BCUT2D eigenvalue weighted by atomic mass is 19.1. The molecule has 0 bridgehead atoms. The van der Waals surface area contributed by atoms with Gasteiger partial charge in [0.1, 0.15) is 17.9 Å². The Hall–Kier alpha value is -1.96. The second-order valence-corrected chi connectivity index (χ2v) is 4.38. The molecule has 7 heteroatoms. The average Bonchev–Trinajstić information content (AvgIpc) is 2.68. The van der Waals surface area contributed by atoms with Crippen LogP contribution >= 0.6 is 0 Å². The molecule has 3 rings (SSSR count). The lowest BCUT2D eigenvalue weighted by molar-refractivity contribution is -0.174. The molecule has 0 radical (unpaired) electrons. The number of H-pyrrole nitrogens is 1. The van der Waals surface area contributed by atoms with Crippen LogP contribution in [0.15, 0.2) is 16.9 Å². The van der Waals surface area contributed by atoms with Gasteiger partial charge in [-0.3, -0.25) is 4.79 Å². The lowest BCUT2D eigenvalue weighted by Gasteiger charge is -2.12. The van der Waals surface area contributed by atoms with Crippen molar-refractivity contribution in [3.8, 4) is 5.75 Å². The van der Waals surface area contributed by atoms with Gasteiger partial charge >= 0.3 is 0 Å². The number of aromatic amines is 1. The van der Waals surface area contributed by atoms with E-state index in [1.165, 1.54) is 12.1 Å². The number of halogens is 1. The van der Waals surface area contributed by atoms with Crippen LogP contribution in [0.1, 0.15) is 11.1 Å². The quantitative estimate of drug-likeness (QED) is 0.531. The van der Waals surface area contributed by atoms with Crippen LogP contribution in [0.5, 0.6) is 5.75 Å². The van der Waals surface area contributed by atoms with E-state index < -0.39 is 30.4 Å². The molecule has 0 fully saturated rings. The zero-order valence-corrected chi connectivity index (χ0v) is 9.61. The molecule has 19 heavy (non-hydrogen) atoms. The van der Waals surface area contributed by atoms with Gasteiger partial charge in [0.2, 0.25) is 5.79 Å². The van der Waals surface area contributed by atoms with Gasteiger partial charge in [0.25, 0.3) is 5.56 Å². The molecule has 0 spiro atoms. The van der Waals surface area contributed by atoms with E-state index in [4.69, 9.17) is 9.84 Å². The van der Waals surface area contributed by atoms with E-state index in [1.54, 1.807) is 0 Å². The largest absolute Gasteiger partial charge is 0.486 e. The summed E-state index contributed by atoms with van der Waals surface area (Å²) in [4.78, 5) is 14.1. The maximum Gasteiger partial charge on any atom is 0.261 e. The molecule has 100 valence electrons. The zero-order valence-electron chi connectivity index (χ0n) is 9.61. The molecule has 0 aliphatic carbocycles. The Balaban J connectivity index is 2.44. The van der Waals surface area contributed by atoms with Gasteiger partial charge in [-0.1, -0.05) is 6.07 Å². The van der Waals surface area contributed by atoms with Gasteiger partial charge < -0.3 is 25.0 Å². The molecule has 2 heterocycles. The number of fused-ring (bicyclic) bond motifs is 3. The molecule has 4 N–H and O–H groups in total. The summed E-state index contributed by atoms with van der Waals surface area (Å²) in [7, 11) is 0. The maximum atomic E-state index is 14.0. The Labute approximate surface area is 105 Å². The fraction of sp³-hybridized carbons (Fsp3) is 0.250. The Kier molecular flexibility index (Phi) is 2.40.